The van der Waals surface area contributed by atoms with E-state index in [1.54, 1.807) is 6.07 Å². The van der Waals surface area contributed by atoms with Gasteiger partial charge >= 0.3 is 5.69 Å². The van der Waals surface area contributed by atoms with Gasteiger partial charge in [0.05, 0.1) is 5.52 Å². The van der Waals surface area contributed by atoms with Gasteiger partial charge in [0.1, 0.15) is 6.54 Å². The summed E-state index contributed by atoms with van der Waals surface area (Å²) in [7, 11) is 0. The molecule has 0 spiro atoms. The molecule has 8 heteroatoms. The fraction of sp³-hybridized carbons (Fsp3) is 0.267. The molecule has 0 aliphatic carbocycles. The van der Waals surface area contributed by atoms with Crippen LogP contribution in [0.15, 0.2) is 23.0 Å². The lowest BCUT2D eigenvalue weighted by Crippen LogP contribution is -2.28. The Kier molecular flexibility index (Phi) is 2.80. The molecule has 0 atom stereocenters. The fourth-order valence-corrected chi connectivity index (χ4v) is 2.85. The van der Waals surface area contributed by atoms with Gasteiger partial charge in [-0.2, -0.15) is 0 Å². The van der Waals surface area contributed by atoms with Gasteiger partial charge in [-0.15, -0.1) is 5.10 Å². The zero-order valence-electron chi connectivity index (χ0n) is 12.4. The van der Waals surface area contributed by atoms with Crippen LogP contribution in [0.4, 0.5) is 0 Å². The molecule has 8 nitrogen and oxygen atoms in total. The molecule has 0 fully saturated rings. The first-order chi connectivity index (χ1) is 11.1. The summed E-state index contributed by atoms with van der Waals surface area (Å²) in [5.41, 5.74) is 6.86. The molecule has 23 heavy (non-hydrogen) atoms. The molecule has 118 valence electrons. The number of carbonyl (C=O) groups excluding carboxylic acids is 1. The van der Waals surface area contributed by atoms with E-state index in [-0.39, 0.29) is 13.3 Å². The number of ether oxygens (including phenoxy) is 2. The highest BCUT2D eigenvalue weighted by Gasteiger charge is 2.19. The predicted octanol–water partition coefficient (Wildman–Crippen LogP) is 0.426. The van der Waals surface area contributed by atoms with Crippen LogP contribution in [0.1, 0.15) is 12.5 Å². The van der Waals surface area contributed by atoms with Crippen molar-refractivity contribution in [1.82, 2.24) is 14.2 Å². The summed E-state index contributed by atoms with van der Waals surface area (Å²) in [6.07, 6.45) is 0.695. The maximum absolute atomic E-state index is 12.6. The average Bonchev–Trinajstić information content (AvgIpc) is 3.09. The van der Waals surface area contributed by atoms with Crippen LogP contribution in [0.3, 0.4) is 0 Å². The lowest BCUT2D eigenvalue weighted by molar-refractivity contribution is -0.118. The highest BCUT2D eigenvalue weighted by atomic mass is 16.7. The van der Waals surface area contributed by atoms with Crippen LogP contribution >= 0.6 is 0 Å². The molecule has 0 bridgehead atoms. The molecule has 0 saturated carbocycles. The van der Waals surface area contributed by atoms with Crippen LogP contribution in [-0.2, 0) is 17.8 Å². The van der Waals surface area contributed by atoms with Gasteiger partial charge < -0.3 is 15.2 Å². The second-order valence-corrected chi connectivity index (χ2v) is 5.35. The van der Waals surface area contributed by atoms with Crippen molar-refractivity contribution in [2.75, 3.05) is 6.79 Å². The summed E-state index contributed by atoms with van der Waals surface area (Å²) in [6.45, 7) is 1.88. The van der Waals surface area contributed by atoms with Crippen molar-refractivity contribution in [1.29, 1.82) is 0 Å². The third kappa shape index (κ3) is 1.95. The number of benzene rings is 1. The summed E-state index contributed by atoms with van der Waals surface area (Å²) in [4.78, 5) is 23.8. The minimum absolute atomic E-state index is 0.158. The Hall–Kier alpha value is -3.03. The smallest absolute Gasteiger partial charge is 0.351 e. The molecule has 1 aliphatic rings. The maximum atomic E-state index is 12.6. The molecular formula is C15H14N4O4. The van der Waals surface area contributed by atoms with Crippen molar-refractivity contribution in [2.45, 2.75) is 19.9 Å². The number of nitrogens with two attached hydrogens (primary N) is 1. The quantitative estimate of drug-likeness (QED) is 0.755. The Balaban J connectivity index is 2.12. The topological polar surface area (TPSA) is 101 Å². The van der Waals surface area contributed by atoms with Crippen LogP contribution < -0.4 is 20.9 Å². The molecule has 4 rings (SSSR count). The second-order valence-electron chi connectivity index (χ2n) is 5.35. The van der Waals surface area contributed by atoms with Crippen molar-refractivity contribution in [3.05, 3.63) is 34.2 Å². The summed E-state index contributed by atoms with van der Waals surface area (Å²) < 4.78 is 13.3. The third-order valence-corrected chi connectivity index (χ3v) is 3.91. The van der Waals surface area contributed by atoms with E-state index in [0.29, 0.717) is 29.1 Å². The van der Waals surface area contributed by atoms with Crippen LogP contribution in [0.5, 0.6) is 11.5 Å². The molecular weight excluding hydrogens is 300 g/mol. The summed E-state index contributed by atoms with van der Waals surface area (Å²) >= 11 is 0. The third-order valence-electron chi connectivity index (χ3n) is 3.91. The van der Waals surface area contributed by atoms with Crippen LogP contribution in [-0.4, -0.2) is 26.9 Å². The molecule has 1 aliphatic heterocycles. The predicted molar refractivity (Wildman–Crippen MR) is 81.7 cm³/mol. The molecule has 3 aromatic rings. The maximum Gasteiger partial charge on any atom is 0.351 e. The first kappa shape index (κ1) is 13.6. The summed E-state index contributed by atoms with van der Waals surface area (Å²) in [6, 6.07) is 5.56. The molecule has 1 aromatic carbocycles. The number of carbonyl (C=O) groups is 1. The Morgan fingerprint density at radius 2 is 2.04 bits per heavy atom. The first-order valence-electron chi connectivity index (χ1n) is 7.21. The second kappa shape index (κ2) is 4.73. The first-order valence-corrected chi connectivity index (χ1v) is 7.21. The van der Waals surface area contributed by atoms with E-state index in [2.05, 4.69) is 5.10 Å². The van der Waals surface area contributed by atoms with Crippen LogP contribution in [0.2, 0.25) is 0 Å². The Morgan fingerprint density at radius 3 is 2.74 bits per heavy atom. The lowest BCUT2D eigenvalue weighted by atomic mass is 10.1. The van der Waals surface area contributed by atoms with Gasteiger partial charge in [-0.05, 0) is 24.1 Å². The number of hydrogen-bond acceptors (Lipinski definition) is 5. The average molecular weight is 314 g/mol. The van der Waals surface area contributed by atoms with E-state index in [1.807, 2.05) is 19.1 Å². The standard InChI is InChI=1S/C15H14N4O4/c1-2-8-3-9-4-11-12(23-7-22-11)5-10(9)19-14(8)17-18(15(19)21)6-13(16)20/h3-5H,2,6-7H2,1H3,(H2,16,20). The van der Waals surface area contributed by atoms with Crippen LogP contribution in [0.25, 0.3) is 16.6 Å². The van der Waals surface area contributed by atoms with Gasteiger partial charge in [0.25, 0.3) is 0 Å². The van der Waals surface area contributed by atoms with Crippen molar-refractivity contribution < 1.29 is 14.3 Å². The number of aryl methyl sites for hydroxylation is 1. The number of nitrogens with zero attached hydrogens (tertiary/aromatic N) is 3. The van der Waals surface area contributed by atoms with E-state index in [1.165, 1.54) is 4.40 Å². The van der Waals surface area contributed by atoms with Crippen molar-refractivity contribution >= 4 is 22.5 Å². The monoisotopic (exact) mass is 314 g/mol. The Morgan fingerprint density at radius 1 is 1.30 bits per heavy atom. The number of pyridine rings is 1. The lowest BCUT2D eigenvalue weighted by Gasteiger charge is -2.06. The van der Waals surface area contributed by atoms with Gasteiger partial charge in [-0.3, -0.25) is 4.79 Å². The zero-order chi connectivity index (χ0) is 16.1. The fourth-order valence-electron chi connectivity index (χ4n) is 2.85. The van der Waals surface area contributed by atoms with Crippen LogP contribution in [0, 0.1) is 0 Å². The minimum atomic E-state index is -0.615. The number of hydrogen-bond donors (Lipinski definition) is 1. The SMILES string of the molecule is CCc1cc2cc3c(cc2n2c(=O)n(CC(N)=O)nc12)OCO3. The largest absolute Gasteiger partial charge is 0.454 e. The Bertz CT molecular complexity index is 1020. The molecule has 1 amide bonds. The normalized spacial score (nSPS) is 13.1. The molecule has 0 radical (unpaired) electrons. The number of aromatic nitrogens is 3. The van der Waals surface area contributed by atoms with E-state index in [4.69, 9.17) is 15.2 Å². The molecule has 0 saturated heterocycles. The highest BCUT2D eigenvalue weighted by molar-refractivity contribution is 5.87. The van der Waals surface area contributed by atoms with E-state index in [9.17, 15) is 9.59 Å². The highest BCUT2D eigenvalue weighted by Crippen LogP contribution is 2.36. The van der Waals surface area contributed by atoms with Gasteiger partial charge in [0.2, 0.25) is 12.7 Å². The van der Waals surface area contributed by atoms with Gasteiger partial charge in [-0.25, -0.2) is 13.9 Å². The van der Waals surface area contributed by atoms with Crippen molar-refractivity contribution in [3.8, 4) is 11.5 Å². The summed E-state index contributed by atoms with van der Waals surface area (Å²) in [5.74, 6) is 0.615. The van der Waals surface area contributed by atoms with Crippen molar-refractivity contribution in [2.24, 2.45) is 5.73 Å². The van der Waals surface area contributed by atoms with E-state index < -0.39 is 11.6 Å². The molecule has 2 N–H and O–H groups in total. The number of fused-ring (bicyclic) bond motifs is 4. The van der Waals surface area contributed by atoms with Crippen molar-refractivity contribution in [3.63, 3.8) is 0 Å². The number of primary amides is 1. The minimum Gasteiger partial charge on any atom is -0.454 e. The summed E-state index contributed by atoms with van der Waals surface area (Å²) in [5, 5.41) is 5.11. The molecule has 2 aromatic heterocycles. The van der Waals surface area contributed by atoms with E-state index >= 15 is 0 Å². The number of amides is 1. The molecule has 3 heterocycles. The van der Waals surface area contributed by atoms with Gasteiger partial charge in [-0.1, -0.05) is 6.92 Å². The Labute approximate surface area is 130 Å². The van der Waals surface area contributed by atoms with E-state index in [0.717, 1.165) is 15.6 Å². The number of rotatable bonds is 3. The van der Waals surface area contributed by atoms with Gasteiger partial charge in [0.15, 0.2) is 17.1 Å². The zero-order valence-corrected chi connectivity index (χ0v) is 12.4. The van der Waals surface area contributed by atoms with Gasteiger partial charge in [0, 0.05) is 11.5 Å². The molecule has 0 unspecified atom stereocenters.